The van der Waals surface area contributed by atoms with Gasteiger partial charge in [-0.2, -0.15) is 13.2 Å². The zero-order valence-electron chi connectivity index (χ0n) is 14.3. The first-order valence-electron chi connectivity index (χ1n) is 8.56. The Hall–Kier alpha value is -2.34. The predicted octanol–water partition coefficient (Wildman–Crippen LogP) is 4.14. The monoisotopic (exact) mass is 363 g/mol. The van der Waals surface area contributed by atoms with Gasteiger partial charge in [-0.25, -0.2) is 0 Å². The maximum Gasteiger partial charge on any atom is 0.454 e. The number of benzene rings is 1. The van der Waals surface area contributed by atoms with Gasteiger partial charge >= 0.3 is 6.18 Å². The second-order valence-corrected chi connectivity index (χ2v) is 6.25. The van der Waals surface area contributed by atoms with Gasteiger partial charge in [0, 0.05) is 18.8 Å². The molecule has 1 aromatic carbocycles. The molecule has 2 aliphatic rings. The highest BCUT2D eigenvalue weighted by molar-refractivity contribution is 5.94. The molecule has 0 N–H and O–H groups in total. The topological polar surface area (TPSA) is 29.5 Å². The molecule has 1 aromatic rings. The standard InChI is InChI=1S/C20H20F3NO2/c21-20(22,23)18(25)9-8-16-6-7-17(14-15-4-2-1-3-5-15)19(16)24-10-12-26-13-11-24/h1-5,8-9,14H,6-7,10-13H2/b9-8-,17-14-. The summed E-state index contributed by atoms with van der Waals surface area (Å²) in [7, 11) is 0. The molecule has 138 valence electrons. The molecule has 3 nitrogen and oxygen atoms in total. The fraction of sp³-hybridized carbons (Fsp3) is 0.350. The second kappa shape index (κ2) is 7.91. The summed E-state index contributed by atoms with van der Waals surface area (Å²) in [5.41, 5.74) is 3.83. The minimum absolute atomic E-state index is 0.584. The summed E-state index contributed by atoms with van der Waals surface area (Å²) in [6, 6.07) is 9.81. The van der Waals surface area contributed by atoms with Crippen LogP contribution in [0.4, 0.5) is 13.2 Å². The first-order valence-corrected chi connectivity index (χ1v) is 8.56. The third kappa shape index (κ3) is 4.43. The number of nitrogens with zero attached hydrogens (tertiary/aromatic N) is 1. The normalized spacial score (nSPS) is 20.4. The summed E-state index contributed by atoms with van der Waals surface area (Å²) in [6.07, 6.45) is 0.552. The van der Waals surface area contributed by atoms with Gasteiger partial charge in [-0.1, -0.05) is 36.4 Å². The third-order valence-corrected chi connectivity index (χ3v) is 4.46. The van der Waals surface area contributed by atoms with Gasteiger partial charge in [0.15, 0.2) is 0 Å². The van der Waals surface area contributed by atoms with E-state index in [-0.39, 0.29) is 0 Å². The first kappa shape index (κ1) is 18.5. The van der Waals surface area contributed by atoms with Crippen LogP contribution in [0, 0.1) is 0 Å². The van der Waals surface area contributed by atoms with Crippen molar-refractivity contribution in [3.8, 4) is 0 Å². The molecule has 0 amide bonds. The van der Waals surface area contributed by atoms with Crippen LogP contribution >= 0.6 is 0 Å². The Balaban J connectivity index is 1.93. The van der Waals surface area contributed by atoms with E-state index in [9.17, 15) is 18.0 Å². The number of allylic oxidation sites excluding steroid dienone is 4. The van der Waals surface area contributed by atoms with Crippen LogP contribution in [0.2, 0.25) is 0 Å². The molecule has 1 aliphatic carbocycles. The first-order chi connectivity index (χ1) is 12.4. The molecule has 0 unspecified atom stereocenters. The van der Waals surface area contributed by atoms with E-state index < -0.39 is 12.0 Å². The van der Waals surface area contributed by atoms with Crippen molar-refractivity contribution in [3.05, 3.63) is 64.9 Å². The van der Waals surface area contributed by atoms with E-state index in [1.54, 1.807) is 0 Å². The number of carbonyl (C=O) groups is 1. The highest BCUT2D eigenvalue weighted by Crippen LogP contribution is 2.36. The summed E-state index contributed by atoms with van der Waals surface area (Å²) in [4.78, 5) is 13.3. The minimum Gasteiger partial charge on any atom is -0.378 e. The molecule has 1 heterocycles. The van der Waals surface area contributed by atoms with Crippen LogP contribution < -0.4 is 0 Å². The molecule has 1 saturated heterocycles. The number of ketones is 1. The zero-order chi connectivity index (χ0) is 18.6. The molecule has 0 aromatic heterocycles. The van der Waals surface area contributed by atoms with Gasteiger partial charge in [0.05, 0.1) is 13.2 Å². The SMILES string of the molecule is O=C(/C=C\C1=C(N2CCOCC2)C(=C\c2ccccc2)/CC1)C(F)(F)F. The van der Waals surface area contributed by atoms with Gasteiger partial charge in [-0.3, -0.25) is 4.79 Å². The number of ether oxygens (including phenoxy) is 1. The highest BCUT2D eigenvalue weighted by Gasteiger charge is 2.36. The summed E-state index contributed by atoms with van der Waals surface area (Å²) in [5, 5.41) is 0. The lowest BCUT2D eigenvalue weighted by atomic mass is 10.1. The molecule has 1 aliphatic heterocycles. The van der Waals surface area contributed by atoms with Crippen molar-refractivity contribution in [3.63, 3.8) is 0 Å². The van der Waals surface area contributed by atoms with Crippen molar-refractivity contribution in [2.24, 2.45) is 0 Å². The Kier molecular flexibility index (Phi) is 5.61. The number of halogens is 3. The van der Waals surface area contributed by atoms with E-state index in [1.165, 1.54) is 6.08 Å². The smallest absolute Gasteiger partial charge is 0.378 e. The van der Waals surface area contributed by atoms with Crippen LogP contribution in [-0.2, 0) is 9.53 Å². The van der Waals surface area contributed by atoms with E-state index in [1.807, 2.05) is 30.3 Å². The van der Waals surface area contributed by atoms with Gasteiger partial charge in [-0.15, -0.1) is 0 Å². The quantitative estimate of drug-likeness (QED) is 0.753. The van der Waals surface area contributed by atoms with Crippen molar-refractivity contribution >= 4 is 11.9 Å². The van der Waals surface area contributed by atoms with Crippen LogP contribution in [0.15, 0.2) is 59.3 Å². The Bertz CT molecular complexity index is 742. The Morgan fingerprint density at radius 1 is 1.08 bits per heavy atom. The number of carbonyl (C=O) groups excluding carboxylic acids is 1. The van der Waals surface area contributed by atoms with E-state index in [0.29, 0.717) is 38.8 Å². The van der Waals surface area contributed by atoms with Crippen LogP contribution in [0.1, 0.15) is 18.4 Å². The lowest BCUT2D eigenvalue weighted by molar-refractivity contribution is -0.165. The largest absolute Gasteiger partial charge is 0.454 e. The molecule has 1 fully saturated rings. The number of morpholine rings is 1. The molecule has 0 bridgehead atoms. The van der Waals surface area contributed by atoms with Gasteiger partial charge in [0.25, 0.3) is 5.78 Å². The predicted molar refractivity (Wildman–Crippen MR) is 93.3 cm³/mol. The number of hydrogen-bond acceptors (Lipinski definition) is 3. The maximum atomic E-state index is 12.5. The molecule has 0 radical (unpaired) electrons. The van der Waals surface area contributed by atoms with Crippen LogP contribution in [0.25, 0.3) is 6.08 Å². The summed E-state index contributed by atoms with van der Waals surface area (Å²) in [6.45, 7) is 2.54. The molecule has 6 heteroatoms. The number of alkyl halides is 3. The maximum absolute atomic E-state index is 12.5. The van der Waals surface area contributed by atoms with Gasteiger partial charge in [-0.05, 0) is 41.7 Å². The van der Waals surface area contributed by atoms with E-state index in [2.05, 4.69) is 11.0 Å². The van der Waals surface area contributed by atoms with Crippen molar-refractivity contribution < 1.29 is 22.7 Å². The van der Waals surface area contributed by atoms with E-state index >= 15 is 0 Å². The fourth-order valence-corrected chi connectivity index (χ4v) is 3.23. The molecule has 0 spiro atoms. The summed E-state index contributed by atoms with van der Waals surface area (Å²) in [5.74, 6) is -1.83. The molecule has 0 saturated carbocycles. The Labute approximate surface area is 150 Å². The average molecular weight is 363 g/mol. The van der Waals surface area contributed by atoms with E-state index in [4.69, 9.17) is 4.74 Å². The average Bonchev–Trinajstić information content (AvgIpc) is 3.03. The third-order valence-electron chi connectivity index (χ3n) is 4.46. The summed E-state index contributed by atoms with van der Waals surface area (Å²) >= 11 is 0. The second-order valence-electron chi connectivity index (χ2n) is 6.25. The molecule has 3 rings (SSSR count). The van der Waals surface area contributed by atoms with E-state index in [0.717, 1.165) is 28.8 Å². The van der Waals surface area contributed by atoms with Crippen molar-refractivity contribution in [1.82, 2.24) is 4.90 Å². The lowest BCUT2D eigenvalue weighted by Crippen LogP contribution is -2.36. The fourth-order valence-electron chi connectivity index (χ4n) is 3.23. The van der Waals surface area contributed by atoms with Crippen molar-refractivity contribution in [2.45, 2.75) is 19.0 Å². The Morgan fingerprint density at radius 3 is 2.42 bits per heavy atom. The van der Waals surface area contributed by atoms with Gasteiger partial charge in [0.1, 0.15) is 0 Å². The van der Waals surface area contributed by atoms with Crippen LogP contribution in [0.3, 0.4) is 0 Å². The molecule has 0 atom stereocenters. The lowest BCUT2D eigenvalue weighted by Gasteiger charge is -2.31. The van der Waals surface area contributed by atoms with Crippen molar-refractivity contribution in [1.29, 1.82) is 0 Å². The van der Waals surface area contributed by atoms with Crippen molar-refractivity contribution in [2.75, 3.05) is 26.3 Å². The number of hydrogen-bond donors (Lipinski definition) is 0. The molecule has 26 heavy (non-hydrogen) atoms. The van der Waals surface area contributed by atoms with Crippen LogP contribution in [0.5, 0.6) is 0 Å². The molecular weight excluding hydrogens is 343 g/mol. The number of rotatable bonds is 4. The minimum atomic E-state index is -4.84. The van der Waals surface area contributed by atoms with Crippen LogP contribution in [-0.4, -0.2) is 43.2 Å². The summed E-state index contributed by atoms with van der Waals surface area (Å²) < 4.78 is 42.8. The van der Waals surface area contributed by atoms with Gasteiger partial charge in [0.2, 0.25) is 0 Å². The van der Waals surface area contributed by atoms with Gasteiger partial charge < -0.3 is 9.64 Å². The molecular formula is C20H20F3NO2. The highest BCUT2D eigenvalue weighted by atomic mass is 19.4. The Morgan fingerprint density at radius 2 is 1.77 bits per heavy atom. The zero-order valence-corrected chi connectivity index (χ0v) is 14.3.